The number of nitrogens with one attached hydrogen (secondary N) is 1. The Hall–Kier alpha value is -0.120. The van der Waals surface area contributed by atoms with Crippen molar-refractivity contribution in [3.8, 4) is 0 Å². The van der Waals surface area contributed by atoms with Crippen molar-refractivity contribution >= 4 is 0 Å². The van der Waals surface area contributed by atoms with Crippen molar-refractivity contribution in [1.82, 2.24) is 15.1 Å². The van der Waals surface area contributed by atoms with Crippen molar-refractivity contribution in [2.24, 2.45) is 5.92 Å². The fourth-order valence-electron chi connectivity index (χ4n) is 4.17. The lowest BCUT2D eigenvalue weighted by molar-refractivity contribution is 0.0871. The lowest BCUT2D eigenvalue weighted by atomic mass is 9.98. The van der Waals surface area contributed by atoms with Crippen LogP contribution >= 0.6 is 0 Å². The van der Waals surface area contributed by atoms with Gasteiger partial charge in [-0.2, -0.15) is 0 Å². The lowest BCUT2D eigenvalue weighted by Crippen LogP contribution is -2.49. The van der Waals surface area contributed by atoms with Gasteiger partial charge in [-0.1, -0.05) is 13.3 Å². The summed E-state index contributed by atoms with van der Waals surface area (Å²) in [6.45, 7) is 10.3. The molecular weight excluding hydrogens is 234 g/mol. The Balaban J connectivity index is 1.41. The van der Waals surface area contributed by atoms with E-state index in [-0.39, 0.29) is 0 Å². The van der Waals surface area contributed by atoms with Crippen LogP contribution in [0, 0.1) is 5.92 Å². The number of piperidine rings is 2. The monoisotopic (exact) mass is 265 g/mol. The maximum absolute atomic E-state index is 3.68. The zero-order valence-electron chi connectivity index (χ0n) is 12.6. The molecule has 0 aromatic heterocycles. The maximum atomic E-state index is 3.68. The van der Waals surface area contributed by atoms with Crippen LogP contribution in [-0.2, 0) is 0 Å². The molecule has 1 N–H and O–H groups in total. The van der Waals surface area contributed by atoms with E-state index in [2.05, 4.69) is 22.0 Å². The normalized spacial score (nSPS) is 35.8. The van der Waals surface area contributed by atoms with E-state index in [0.29, 0.717) is 0 Å². The third-order valence-electron chi connectivity index (χ3n) is 5.61. The van der Waals surface area contributed by atoms with Crippen LogP contribution < -0.4 is 5.32 Å². The van der Waals surface area contributed by atoms with Crippen molar-refractivity contribution in [3.63, 3.8) is 0 Å². The standard InChI is InChI=1S/C16H31N3/c1-14-5-8-17-16(14)13-18-11-6-15(7-12-18)19-9-3-2-4-10-19/h14-17H,2-13H2,1H3. The topological polar surface area (TPSA) is 18.5 Å². The summed E-state index contributed by atoms with van der Waals surface area (Å²) in [5, 5.41) is 3.68. The summed E-state index contributed by atoms with van der Waals surface area (Å²) in [4.78, 5) is 5.48. The second-order valence-electron chi connectivity index (χ2n) is 6.95. The van der Waals surface area contributed by atoms with Crippen molar-refractivity contribution in [1.29, 1.82) is 0 Å². The first-order valence-corrected chi connectivity index (χ1v) is 8.53. The van der Waals surface area contributed by atoms with E-state index in [0.717, 1.165) is 18.0 Å². The maximum Gasteiger partial charge on any atom is 0.0221 e. The first-order valence-electron chi connectivity index (χ1n) is 8.53. The molecule has 0 bridgehead atoms. The molecule has 3 heteroatoms. The van der Waals surface area contributed by atoms with Gasteiger partial charge in [-0.3, -0.25) is 0 Å². The Bertz CT molecular complexity index is 267. The lowest BCUT2D eigenvalue weighted by Gasteiger charge is -2.41. The molecule has 2 atom stereocenters. The molecule has 110 valence electrons. The van der Waals surface area contributed by atoms with Crippen molar-refractivity contribution in [2.45, 2.75) is 57.5 Å². The summed E-state index contributed by atoms with van der Waals surface area (Å²) in [5.74, 6) is 0.875. The minimum absolute atomic E-state index is 0.756. The number of nitrogens with zero attached hydrogens (tertiary/aromatic N) is 2. The van der Waals surface area contributed by atoms with Crippen molar-refractivity contribution in [3.05, 3.63) is 0 Å². The minimum atomic E-state index is 0.756. The Morgan fingerprint density at radius 3 is 2.32 bits per heavy atom. The largest absolute Gasteiger partial charge is 0.312 e. The van der Waals surface area contributed by atoms with E-state index in [1.54, 1.807) is 0 Å². The van der Waals surface area contributed by atoms with Crippen LogP contribution in [0.5, 0.6) is 0 Å². The molecule has 0 aromatic carbocycles. The van der Waals surface area contributed by atoms with E-state index in [4.69, 9.17) is 0 Å². The third-order valence-corrected chi connectivity index (χ3v) is 5.61. The molecule has 3 nitrogen and oxygen atoms in total. The second kappa shape index (κ2) is 6.55. The van der Waals surface area contributed by atoms with Crippen LogP contribution in [-0.4, -0.2) is 61.2 Å². The van der Waals surface area contributed by atoms with Crippen LogP contribution in [0.4, 0.5) is 0 Å². The smallest absolute Gasteiger partial charge is 0.0221 e. The Labute approximate surface area is 118 Å². The van der Waals surface area contributed by atoms with E-state index in [1.165, 1.54) is 77.8 Å². The molecule has 0 saturated carbocycles. The highest BCUT2D eigenvalue weighted by molar-refractivity contribution is 4.87. The van der Waals surface area contributed by atoms with Gasteiger partial charge in [-0.25, -0.2) is 0 Å². The van der Waals surface area contributed by atoms with Crippen molar-refractivity contribution < 1.29 is 0 Å². The van der Waals surface area contributed by atoms with Crippen LogP contribution in [0.15, 0.2) is 0 Å². The molecule has 0 radical (unpaired) electrons. The Morgan fingerprint density at radius 1 is 0.947 bits per heavy atom. The molecule has 3 fully saturated rings. The van der Waals surface area contributed by atoms with Gasteiger partial charge < -0.3 is 15.1 Å². The number of hydrogen-bond donors (Lipinski definition) is 1. The van der Waals surface area contributed by atoms with Gasteiger partial charge in [0.25, 0.3) is 0 Å². The SMILES string of the molecule is CC1CCNC1CN1CCC(N2CCCCC2)CC1. The van der Waals surface area contributed by atoms with Gasteiger partial charge in [0.15, 0.2) is 0 Å². The molecule has 0 aromatic rings. The zero-order chi connectivity index (χ0) is 13.1. The van der Waals surface area contributed by atoms with Gasteiger partial charge in [-0.05, 0) is 70.7 Å². The number of rotatable bonds is 3. The highest BCUT2D eigenvalue weighted by Crippen LogP contribution is 2.22. The second-order valence-corrected chi connectivity index (χ2v) is 6.95. The zero-order valence-corrected chi connectivity index (χ0v) is 12.6. The van der Waals surface area contributed by atoms with Gasteiger partial charge in [0.1, 0.15) is 0 Å². The fraction of sp³-hybridized carbons (Fsp3) is 1.00. The highest BCUT2D eigenvalue weighted by Gasteiger charge is 2.29. The summed E-state index contributed by atoms with van der Waals surface area (Å²) in [6, 6.07) is 1.65. The van der Waals surface area contributed by atoms with Gasteiger partial charge in [-0.15, -0.1) is 0 Å². The van der Waals surface area contributed by atoms with E-state index in [9.17, 15) is 0 Å². The average molecular weight is 265 g/mol. The summed E-state index contributed by atoms with van der Waals surface area (Å²) in [6.07, 6.45) is 8.51. The van der Waals surface area contributed by atoms with Crippen LogP contribution in [0.3, 0.4) is 0 Å². The quantitative estimate of drug-likeness (QED) is 0.841. The van der Waals surface area contributed by atoms with Gasteiger partial charge in [0.2, 0.25) is 0 Å². The van der Waals surface area contributed by atoms with Gasteiger partial charge in [0.05, 0.1) is 0 Å². The van der Waals surface area contributed by atoms with E-state index >= 15 is 0 Å². The molecule has 0 aliphatic carbocycles. The molecule has 3 aliphatic heterocycles. The molecule has 3 heterocycles. The highest BCUT2D eigenvalue weighted by atomic mass is 15.2. The summed E-state index contributed by atoms with van der Waals surface area (Å²) < 4.78 is 0. The molecule has 3 aliphatic rings. The Morgan fingerprint density at radius 2 is 1.68 bits per heavy atom. The fourth-order valence-corrected chi connectivity index (χ4v) is 4.17. The first-order chi connectivity index (χ1) is 9.33. The summed E-state index contributed by atoms with van der Waals surface area (Å²) in [5.41, 5.74) is 0. The third kappa shape index (κ3) is 3.50. The van der Waals surface area contributed by atoms with Gasteiger partial charge >= 0.3 is 0 Å². The molecule has 2 unspecified atom stereocenters. The summed E-state index contributed by atoms with van der Waals surface area (Å²) in [7, 11) is 0. The predicted octanol–water partition coefficient (Wildman–Crippen LogP) is 1.93. The number of hydrogen-bond acceptors (Lipinski definition) is 3. The van der Waals surface area contributed by atoms with E-state index < -0.39 is 0 Å². The molecule has 19 heavy (non-hydrogen) atoms. The predicted molar refractivity (Wildman–Crippen MR) is 80.5 cm³/mol. The van der Waals surface area contributed by atoms with Crippen molar-refractivity contribution in [2.75, 3.05) is 39.3 Å². The van der Waals surface area contributed by atoms with Crippen LogP contribution in [0.1, 0.15) is 45.4 Å². The minimum Gasteiger partial charge on any atom is -0.312 e. The number of likely N-dealkylation sites (tertiary alicyclic amines) is 2. The molecule has 0 amide bonds. The van der Waals surface area contributed by atoms with Gasteiger partial charge in [0, 0.05) is 18.6 Å². The van der Waals surface area contributed by atoms with E-state index in [1.807, 2.05) is 0 Å². The summed E-state index contributed by atoms with van der Waals surface area (Å²) >= 11 is 0. The van der Waals surface area contributed by atoms with Crippen LogP contribution in [0.25, 0.3) is 0 Å². The Kier molecular flexibility index (Phi) is 4.78. The van der Waals surface area contributed by atoms with Crippen LogP contribution in [0.2, 0.25) is 0 Å². The molecular formula is C16H31N3. The average Bonchev–Trinajstić information content (AvgIpc) is 2.86. The molecule has 3 saturated heterocycles. The molecule has 0 spiro atoms. The first kappa shape index (κ1) is 13.8. The molecule has 3 rings (SSSR count).